The Hall–Kier alpha value is -0.660. The van der Waals surface area contributed by atoms with Crippen molar-refractivity contribution in [3.63, 3.8) is 0 Å². The molecule has 2 atom stereocenters. The molecular weight excluding hydrogens is 362 g/mol. The molecule has 1 saturated carbocycles. The molecule has 4 aliphatic rings. The molecule has 1 amide bonds. The lowest BCUT2D eigenvalue weighted by Gasteiger charge is -2.39. The summed E-state index contributed by atoms with van der Waals surface area (Å²) in [4.78, 5) is 14.6. The van der Waals surface area contributed by atoms with Gasteiger partial charge in [0.25, 0.3) is 0 Å². The van der Waals surface area contributed by atoms with Crippen LogP contribution in [0.1, 0.15) is 64.2 Å². The van der Waals surface area contributed by atoms with Gasteiger partial charge in [0.05, 0.1) is 5.25 Å². The second-order valence-electron chi connectivity index (χ2n) is 9.01. The Kier molecular flexibility index (Phi) is 6.09. The summed E-state index contributed by atoms with van der Waals surface area (Å²) in [5.74, 6) is 0.963. The van der Waals surface area contributed by atoms with E-state index in [1.54, 1.807) is 4.31 Å². The minimum Gasteiger partial charge on any atom is -0.341 e. The first kappa shape index (κ1) is 19.6. The van der Waals surface area contributed by atoms with Crippen LogP contribution in [0.15, 0.2) is 0 Å². The number of carbonyl (C=O) groups excluding carboxylic acids is 1. The second-order valence-corrected chi connectivity index (χ2v) is 11.2. The highest BCUT2D eigenvalue weighted by Gasteiger charge is 2.40. The zero-order chi connectivity index (χ0) is 18.9. The third-order valence-corrected chi connectivity index (χ3v) is 9.65. The molecule has 4 fully saturated rings. The molecule has 0 spiro atoms. The minimum atomic E-state index is -3.30. The molecular formula is C20H35N3O3S. The largest absolute Gasteiger partial charge is 0.341 e. The van der Waals surface area contributed by atoms with Crippen molar-refractivity contribution in [3.8, 4) is 0 Å². The van der Waals surface area contributed by atoms with E-state index in [-0.39, 0.29) is 11.8 Å². The van der Waals surface area contributed by atoms with Crippen molar-refractivity contribution >= 4 is 15.9 Å². The molecule has 3 saturated heterocycles. The fourth-order valence-electron chi connectivity index (χ4n) is 5.67. The van der Waals surface area contributed by atoms with Gasteiger partial charge < -0.3 is 10.2 Å². The Morgan fingerprint density at radius 3 is 2.26 bits per heavy atom. The van der Waals surface area contributed by atoms with Gasteiger partial charge in [-0.15, -0.1) is 0 Å². The Morgan fingerprint density at radius 1 is 0.852 bits per heavy atom. The lowest BCUT2D eigenvalue weighted by molar-refractivity contribution is -0.136. The summed E-state index contributed by atoms with van der Waals surface area (Å²) >= 11 is 0. The SMILES string of the molecule is O=C(C1CCCC1)N1CCCC(S(=O)(=O)N2CCC(C3CCCN3)CC2)C1. The number of amides is 1. The van der Waals surface area contributed by atoms with Crippen molar-refractivity contribution in [1.82, 2.24) is 14.5 Å². The summed E-state index contributed by atoms with van der Waals surface area (Å²) in [6.45, 7) is 3.55. The highest BCUT2D eigenvalue weighted by molar-refractivity contribution is 7.89. The molecule has 2 unspecified atom stereocenters. The van der Waals surface area contributed by atoms with Crippen LogP contribution in [0.5, 0.6) is 0 Å². The average molecular weight is 398 g/mol. The van der Waals surface area contributed by atoms with Crippen LogP contribution in [0.2, 0.25) is 0 Å². The van der Waals surface area contributed by atoms with E-state index >= 15 is 0 Å². The third kappa shape index (κ3) is 4.20. The van der Waals surface area contributed by atoms with Crippen molar-refractivity contribution in [3.05, 3.63) is 0 Å². The Labute approximate surface area is 164 Å². The molecule has 3 aliphatic heterocycles. The summed E-state index contributed by atoms with van der Waals surface area (Å²) < 4.78 is 28.2. The molecule has 0 bridgehead atoms. The Balaban J connectivity index is 1.34. The van der Waals surface area contributed by atoms with Crippen LogP contribution in [0, 0.1) is 11.8 Å². The number of hydrogen-bond donors (Lipinski definition) is 1. The molecule has 6 nitrogen and oxygen atoms in total. The molecule has 0 aromatic carbocycles. The Morgan fingerprint density at radius 2 is 1.59 bits per heavy atom. The first-order valence-electron chi connectivity index (χ1n) is 11.1. The van der Waals surface area contributed by atoms with E-state index in [0.29, 0.717) is 38.0 Å². The number of nitrogens with one attached hydrogen (secondary N) is 1. The van der Waals surface area contributed by atoms with Crippen LogP contribution in [0.25, 0.3) is 0 Å². The maximum Gasteiger partial charge on any atom is 0.225 e. The Bertz CT molecular complexity index is 618. The number of carbonyl (C=O) groups is 1. The normalized spacial score (nSPS) is 32.2. The van der Waals surface area contributed by atoms with E-state index in [0.717, 1.165) is 58.0 Å². The number of likely N-dealkylation sites (tertiary alicyclic amines) is 1. The van der Waals surface area contributed by atoms with Crippen LogP contribution in [-0.2, 0) is 14.8 Å². The van der Waals surface area contributed by atoms with Gasteiger partial charge in [-0.3, -0.25) is 4.79 Å². The zero-order valence-electron chi connectivity index (χ0n) is 16.4. The molecule has 0 radical (unpaired) electrons. The van der Waals surface area contributed by atoms with Crippen LogP contribution >= 0.6 is 0 Å². The highest BCUT2D eigenvalue weighted by Crippen LogP contribution is 2.31. The van der Waals surface area contributed by atoms with Gasteiger partial charge in [-0.2, -0.15) is 0 Å². The van der Waals surface area contributed by atoms with E-state index in [1.165, 1.54) is 12.8 Å². The second kappa shape index (κ2) is 8.37. The predicted octanol–water partition coefficient (Wildman–Crippen LogP) is 1.96. The monoisotopic (exact) mass is 397 g/mol. The zero-order valence-corrected chi connectivity index (χ0v) is 17.3. The van der Waals surface area contributed by atoms with Gasteiger partial charge in [0.15, 0.2) is 0 Å². The molecule has 27 heavy (non-hydrogen) atoms. The van der Waals surface area contributed by atoms with Crippen LogP contribution in [-0.4, -0.2) is 67.5 Å². The number of hydrogen-bond acceptors (Lipinski definition) is 4. The van der Waals surface area contributed by atoms with Gasteiger partial charge in [-0.1, -0.05) is 12.8 Å². The lowest BCUT2D eigenvalue weighted by Crippen LogP contribution is -2.52. The van der Waals surface area contributed by atoms with Crippen LogP contribution in [0.4, 0.5) is 0 Å². The van der Waals surface area contributed by atoms with E-state index in [4.69, 9.17) is 0 Å². The number of piperidine rings is 2. The van der Waals surface area contributed by atoms with Gasteiger partial charge in [-0.25, -0.2) is 12.7 Å². The molecule has 7 heteroatoms. The fourth-order valence-corrected chi connectivity index (χ4v) is 7.64. The van der Waals surface area contributed by atoms with Crippen molar-refractivity contribution in [2.75, 3.05) is 32.7 Å². The predicted molar refractivity (Wildman–Crippen MR) is 106 cm³/mol. The standard InChI is InChI=1S/C20H35N3O3S/c24-20(17-5-1-2-6-17)22-12-4-7-18(15-22)27(25,26)23-13-9-16(10-14-23)19-8-3-11-21-19/h16-19,21H,1-15H2. The molecule has 1 N–H and O–H groups in total. The third-order valence-electron chi connectivity index (χ3n) is 7.34. The van der Waals surface area contributed by atoms with Crippen molar-refractivity contribution < 1.29 is 13.2 Å². The highest BCUT2D eigenvalue weighted by atomic mass is 32.2. The van der Waals surface area contributed by atoms with Crippen molar-refractivity contribution in [1.29, 1.82) is 0 Å². The van der Waals surface area contributed by atoms with E-state index in [9.17, 15) is 13.2 Å². The summed E-state index contributed by atoms with van der Waals surface area (Å²) in [6, 6.07) is 0.587. The first-order chi connectivity index (χ1) is 13.1. The average Bonchev–Trinajstić information content (AvgIpc) is 3.41. The van der Waals surface area contributed by atoms with E-state index in [1.807, 2.05) is 4.90 Å². The minimum absolute atomic E-state index is 0.140. The molecule has 4 rings (SSSR count). The van der Waals surface area contributed by atoms with E-state index in [2.05, 4.69) is 5.32 Å². The van der Waals surface area contributed by atoms with Gasteiger partial charge in [-0.05, 0) is 63.8 Å². The summed E-state index contributed by atoms with van der Waals surface area (Å²) in [6.07, 6.45) is 10.2. The van der Waals surface area contributed by atoms with Gasteiger partial charge in [0, 0.05) is 38.1 Å². The van der Waals surface area contributed by atoms with E-state index < -0.39 is 15.3 Å². The quantitative estimate of drug-likeness (QED) is 0.787. The van der Waals surface area contributed by atoms with Crippen molar-refractivity contribution in [2.24, 2.45) is 11.8 Å². The van der Waals surface area contributed by atoms with Crippen LogP contribution in [0.3, 0.4) is 0 Å². The first-order valence-corrected chi connectivity index (χ1v) is 12.6. The fraction of sp³-hybridized carbons (Fsp3) is 0.950. The van der Waals surface area contributed by atoms with Gasteiger partial charge in [0.2, 0.25) is 15.9 Å². The molecule has 3 heterocycles. The summed E-state index contributed by atoms with van der Waals surface area (Å²) in [5.41, 5.74) is 0. The van der Waals surface area contributed by atoms with Gasteiger partial charge in [0.1, 0.15) is 0 Å². The van der Waals surface area contributed by atoms with Crippen LogP contribution < -0.4 is 5.32 Å². The van der Waals surface area contributed by atoms with Gasteiger partial charge >= 0.3 is 0 Å². The number of nitrogens with zero attached hydrogens (tertiary/aromatic N) is 2. The molecule has 0 aromatic rings. The molecule has 0 aromatic heterocycles. The van der Waals surface area contributed by atoms with Crippen molar-refractivity contribution in [2.45, 2.75) is 75.5 Å². The molecule has 154 valence electrons. The topological polar surface area (TPSA) is 69.7 Å². The smallest absolute Gasteiger partial charge is 0.225 e. The number of rotatable bonds is 4. The maximum absolute atomic E-state index is 13.2. The summed E-state index contributed by atoms with van der Waals surface area (Å²) in [5, 5.41) is 3.17. The lowest BCUT2D eigenvalue weighted by atomic mass is 9.89. The molecule has 1 aliphatic carbocycles. The maximum atomic E-state index is 13.2. The summed E-state index contributed by atoms with van der Waals surface area (Å²) in [7, 11) is -3.30. The number of sulfonamides is 1.